The average Bonchev–Trinajstić information content (AvgIpc) is 3.77. The molecule has 234 valence electrons. The molecule has 10 aromatic rings. The van der Waals surface area contributed by atoms with Gasteiger partial charge in [-0.25, -0.2) is 15.0 Å². The van der Waals surface area contributed by atoms with Crippen molar-refractivity contribution < 1.29 is 8.83 Å². The van der Waals surface area contributed by atoms with Crippen LogP contribution < -0.4 is 0 Å². The zero-order valence-electron chi connectivity index (χ0n) is 26.7. The van der Waals surface area contributed by atoms with Gasteiger partial charge in [0.05, 0.1) is 0 Å². The van der Waals surface area contributed by atoms with E-state index in [1.165, 1.54) is 0 Å². The molecule has 50 heavy (non-hydrogen) atoms. The van der Waals surface area contributed by atoms with Crippen molar-refractivity contribution in [1.29, 1.82) is 0 Å². The van der Waals surface area contributed by atoms with Crippen LogP contribution in [-0.2, 0) is 0 Å². The third-order valence-corrected chi connectivity index (χ3v) is 9.34. The van der Waals surface area contributed by atoms with Crippen molar-refractivity contribution in [2.24, 2.45) is 0 Å². The van der Waals surface area contributed by atoms with Crippen molar-refractivity contribution in [3.05, 3.63) is 164 Å². The number of fused-ring (bicyclic) bond motifs is 6. The molecule has 0 atom stereocenters. The number of benzene rings is 7. The third kappa shape index (κ3) is 4.67. The maximum atomic E-state index is 6.68. The summed E-state index contributed by atoms with van der Waals surface area (Å²) in [6.07, 6.45) is 0. The van der Waals surface area contributed by atoms with Gasteiger partial charge in [0.15, 0.2) is 17.5 Å². The van der Waals surface area contributed by atoms with Gasteiger partial charge < -0.3 is 8.83 Å². The quantitative estimate of drug-likeness (QED) is 0.187. The van der Waals surface area contributed by atoms with Crippen LogP contribution in [0.5, 0.6) is 0 Å². The zero-order chi connectivity index (χ0) is 33.0. The number of rotatable bonds is 5. The van der Waals surface area contributed by atoms with Crippen LogP contribution in [0.4, 0.5) is 0 Å². The molecule has 3 heterocycles. The molecule has 7 aromatic carbocycles. The fourth-order valence-electron chi connectivity index (χ4n) is 6.97. The smallest absolute Gasteiger partial charge is 0.164 e. The van der Waals surface area contributed by atoms with Gasteiger partial charge in [0.2, 0.25) is 0 Å². The number of aromatic nitrogens is 3. The first-order valence-electron chi connectivity index (χ1n) is 16.6. The maximum absolute atomic E-state index is 6.68. The molecule has 5 heteroatoms. The molecule has 0 radical (unpaired) electrons. The van der Waals surface area contributed by atoms with Crippen molar-refractivity contribution >= 4 is 43.9 Å². The number of para-hydroxylation sites is 2. The molecule has 0 amide bonds. The van der Waals surface area contributed by atoms with E-state index in [9.17, 15) is 0 Å². The largest absolute Gasteiger partial charge is 0.456 e. The van der Waals surface area contributed by atoms with E-state index in [-0.39, 0.29) is 0 Å². The Kier molecular flexibility index (Phi) is 6.42. The molecule has 0 aliphatic heterocycles. The molecule has 0 saturated carbocycles. The first kappa shape index (κ1) is 28.2. The lowest BCUT2D eigenvalue weighted by molar-refractivity contribution is 0.669. The molecular weight excluding hydrogens is 615 g/mol. The molecule has 5 nitrogen and oxygen atoms in total. The molecule has 10 rings (SSSR count). The zero-order valence-corrected chi connectivity index (χ0v) is 26.7. The second-order valence-electron chi connectivity index (χ2n) is 12.4. The summed E-state index contributed by atoms with van der Waals surface area (Å²) >= 11 is 0. The summed E-state index contributed by atoms with van der Waals surface area (Å²) in [7, 11) is 0. The van der Waals surface area contributed by atoms with Gasteiger partial charge in [0.25, 0.3) is 0 Å². The first-order chi connectivity index (χ1) is 24.8. The molecule has 0 bridgehead atoms. The van der Waals surface area contributed by atoms with Crippen LogP contribution in [0.1, 0.15) is 0 Å². The first-order valence-corrected chi connectivity index (χ1v) is 16.6. The van der Waals surface area contributed by atoms with Crippen molar-refractivity contribution in [2.45, 2.75) is 0 Å². The highest BCUT2D eigenvalue weighted by Crippen LogP contribution is 2.42. The van der Waals surface area contributed by atoms with Gasteiger partial charge in [0, 0.05) is 43.8 Å². The SMILES string of the molecule is c1ccc(-c2nc(-c3ccccc3)nc(-c3cccc(-c4cccc5c4oc4cccc(-c6ccc7oc8ccccc8c7c6)c45)c3)n2)cc1. The summed E-state index contributed by atoms with van der Waals surface area (Å²) in [5.74, 6) is 1.88. The summed E-state index contributed by atoms with van der Waals surface area (Å²) < 4.78 is 12.8. The maximum Gasteiger partial charge on any atom is 0.164 e. The Morgan fingerprint density at radius 2 is 0.860 bits per heavy atom. The Morgan fingerprint density at radius 1 is 0.320 bits per heavy atom. The predicted molar refractivity (Wildman–Crippen MR) is 202 cm³/mol. The summed E-state index contributed by atoms with van der Waals surface area (Å²) in [5, 5.41) is 4.36. The molecule has 0 aliphatic carbocycles. The second-order valence-corrected chi connectivity index (χ2v) is 12.4. The third-order valence-electron chi connectivity index (χ3n) is 9.34. The lowest BCUT2D eigenvalue weighted by Gasteiger charge is -2.10. The van der Waals surface area contributed by atoms with Gasteiger partial charge in [-0.3, -0.25) is 0 Å². The topological polar surface area (TPSA) is 65.0 Å². The Balaban J connectivity index is 1.11. The fraction of sp³-hybridized carbons (Fsp3) is 0. The van der Waals surface area contributed by atoms with Crippen LogP contribution in [0.2, 0.25) is 0 Å². The van der Waals surface area contributed by atoms with Gasteiger partial charge in [-0.2, -0.15) is 0 Å². The van der Waals surface area contributed by atoms with Crippen molar-refractivity contribution in [3.8, 4) is 56.4 Å². The minimum absolute atomic E-state index is 0.612. The van der Waals surface area contributed by atoms with Gasteiger partial charge in [-0.05, 0) is 47.0 Å². The highest BCUT2D eigenvalue weighted by atomic mass is 16.3. The number of furan rings is 2. The number of hydrogen-bond donors (Lipinski definition) is 0. The highest BCUT2D eigenvalue weighted by molar-refractivity contribution is 6.16. The van der Waals surface area contributed by atoms with Crippen LogP contribution >= 0.6 is 0 Å². The Morgan fingerprint density at radius 3 is 1.64 bits per heavy atom. The molecular formula is C45H27N3O2. The number of hydrogen-bond acceptors (Lipinski definition) is 5. The van der Waals surface area contributed by atoms with E-state index >= 15 is 0 Å². The molecule has 3 aromatic heterocycles. The molecule has 0 aliphatic rings. The predicted octanol–water partition coefficient (Wildman–Crippen LogP) is 12.0. The minimum Gasteiger partial charge on any atom is -0.456 e. The van der Waals surface area contributed by atoms with Crippen LogP contribution in [-0.4, -0.2) is 15.0 Å². The summed E-state index contributed by atoms with van der Waals surface area (Å²) in [5.41, 5.74) is 10.5. The molecule has 0 N–H and O–H groups in total. The normalized spacial score (nSPS) is 11.6. The van der Waals surface area contributed by atoms with Crippen molar-refractivity contribution in [3.63, 3.8) is 0 Å². The van der Waals surface area contributed by atoms with Crippen molar-refractivity contribution in [2.75, 3.05) is 0 Å². The van der Waals surface area contributed by atoms with Crippen LogP contribution in [0, 0.1) is 0 Å². The van der Waals surface area contributed by atoms with Crippen LogP contribution in [0.25, 0.3) is 100 Å². The lowest BCUT2D eigenvalue weighted by Crippen LogP contribution is -2.00. The van der Waals surface area contributed by atoms with Gasteiger partial charge in [-0.1, -0.05) is 133 Å². The summed E-state index contributed by atoms with van der Waals surface area (Å²) in [4.78, 5) is 14.8. The van der Waals surface area contributed by atoms with E-state index in [0.29, 0.717) is 17.5 Å². The Bertz CT molecular complexity index is 2810. The van der Waals surface area contributed by atoms with E-state index < -0.39 is 0 Å². The van der Waals surface area contributed by atoms with Gasteiger partial charge in [0.1, 0.15) is 22.3 Å². The lowest BCUT2D eigenvalue weighted by atomic mass is 9.96. The molecule has 0 spiro atoms. The highest BCUT2D eigenvalue weighted by Gasteiger charge is 2.18. The monoisotopic (exact) mass is 641 g/mol. The van der Waals surface area contributed by atoms with E-state index in [0.717, 1.165) is 82.8 Å². The number of nitrogens with zero attached hydrogens (tertiary/aromatic N) is 3. The molecule has 0 saturated heterocycles. The second kappa shape index (κ2) is 11.4. The molecule has 0 unspecified atom stereocenters. The average molecular weight is 642 g/mol. The molecule has 0 fully saturated rings. The van der Waals surface area contributed by atoms with Gasteiger partial charge in [-0.15, -0.1) is 0 Å². The van der Waals surface area contributed by atoms with E-state index in [1.54, 1.807) is 0 Å². The fourth-order valence-corrected chi connectivity index (χ4v) is 6.97. The minimum atomic E-state index is 0.612. The van der Waals surface area contributed by atoms with Gasteiger partial charge >= 0.3 is 0 Å². The van der Waals surface area contributed by atoms with E-state index in [4.69, 9.17) is 23.8 Å². The standard InChI is InChI=1S/C45H27N3O2/c1-3-12-28(13-4-1)43-46-44(29-14-5-2-6-15-29)48-45(47-43)32-17-9-16-30(26-32)34-20-10-21-36-41-33(19-11-23-40(41)50-42(34)36)31-24-25-39-37(27-31)35-18-7-8-22-38(35)49-39/h1-27H. The summed E-state index contributed by atoms with van der Waals surface area (Å²) in [6.45, 7) is 0. The van der Waals surface area contributed by atoms with Crippen LogP contribution in [0.15, 0.2) is 173 Å². The van der Waals surface area contributed by atoms with Crippen molar-refractivity contribution in [1.82, 2.24) is 15.0 Å². The van der Waals surface area contributed by atoms with E-state index in [2.05, 4.69) is 84.9 Å². The van der Waals surface area contributed by atoms with Crippen LogP contribution in [0.3, 0.4) is 0 Å². The summed E-state index contributed by atoms with van der Waals surface area (Å²) in [6, 6.07) is 55.7. The Hall–Kier alpha value is -6.85. The Labute approximate surface area is 287 Å². The van der Waals surface area contributed by atoms with E-state index in [1.807, 2.05) is 78.9 Å².